The van der Waals surface area contributed by atoms with E-state index < -0.39 is 10.0 Å². The lowest BCUT2D eigenvalue weighted by molar-refractivity contribution is -0.108. The first-order chi connectivity index (χ1) is 6.51. The molecular weight excluding hydrogens is 202 g/mol. The average Bonchev–Trinajstić information content (AvgIpc) is 2.96. The van der Waals surface area contributed by atoms with E-state index in [2.05, 4.69) is 4.40 Å². The van der Waals surface area contributed by atoms with Crippen LogP contribution >= 0.6 is 0 Å². The van der Waals surface area contributed by atoms with E-state index in [4.69, 9.17) is 0 Å². The molecule has 2 fully saturated rings. The van der Waals surface area contributed by atoms with Crippen LogP contribution < -0.4 is 0 Å². The van der Waals surface area contributed by atoms with Gasteiger partial charge in [0, 0.05) is 12.1 Å². The first-order valence-corrected chi connectivity index (χ1v) is 6.57. The molecule has 0 heterocycles. The maximum atomic E-state index is 10.4. The molecule has 0 aromatic heterocycles. The second-order valence-electron chi connectivity index (χ2n) is 3.80. The molecule has 0 atom stereocenters. The first kappa shape index (κ1) is 11.4. The predicted molar refractivity (Wildman–Crippen MR) is 54.8 cm³/mol. The van der Waals surface area contributed by atoms with E-state index in [1.165, 1.54) is 6.21 Å². The van der Waals surface area contributed by atoms with Gasteiger partial charge in [0.25, 0.3) is 0 Å². The smallest absolute Gasteiger partial charge is 0.249 e. The van der Waals surface area contributed by atoms with Gasteiger partial charge in [0.05, 0.1) is 6.26 Å². The number of hydrogen-bond donors (Lipinski definition) is 0. The average molecular weight is 217 g/mol. The zero-order valence-electron chi connectivity index (χ0n) is 8.22. The van der Waals surface area contributed by atoms with Gasteiger partial charge in [-0.1, -0.05) is 0 Å². The summed E-state index contributed by atoms with van der Waals surface area (Å²) in [6.45, 7) is 0. The molecule has 14 heavy (non-hydrogen) atoms. The highest BCUT2D eigenvalue weighted by Crippen LogP contribution is 2.26. The van der Waals surface area contributed by atoms with Crippen LogP contribution in [0.1, 0.15) is 25.7 Å². The normalized spacial score (nSPS) is 21.5. The topological polar surface area (TPSA) is 63.6 Å². The molecule has 0 amide bonds. The van der Waals surface area contributed by atoms with Gasteiger partial charge in [0.15, 0.2) is 0 Å². The maximum absolute atomic E-state index is 10.4. The van der Waals surface area contributed by atoms with Crippen LogP contribution in [0.15, 0.2) is 4.40 Å². The van der Waals surface area contributed by atoms with Crippen LogP contribution in [0.5, 0.6) is 0 Å². The van der Waals surface area contributed by atoms with Crippen LogP contribution in [0.25, 0.3) is 0 Å². The Balaban J connectivity index is 0.000000165. The Labute approximate surface area is 84.5 Å². The third-order valence-electron chi connectivity index (χ3n) is 1.90. The Kier molecular flexibility index (Phi) is 3.80. The minimum atomic E-state index is -3.11. The lowest BCUT2D eigenvalue weighted by Crippen LogP contribution is -1.90. The molecule has 2 aliphatic rings. The zero-order chi connectivity index (χ0) is 10.6. The zero-order valence-corrected chi connectivity index (χ0v) is 9.03. The number of hydrogen-bond acceptors (Lipinski definition) is 3. The number of aldehydes is 1. The maximum Gasteiger partial charge on any atom is 0.249 e. The van der Waals surface area contributed by atoms with Crippen LogP contribution in [0, 0.1) is 11.8 Å². The molecule has 4 nitrogen and oxygen atoms in total. The molecule has 0 aliphatic heterocycles. The number of carbonyl (C=O) groups is 1. The summed E-state index contributed by atoms with van der Waals surface area (Å²) >= 11 is 0. The van der Waals surface area contributed by atoms with Gasteiger partial charge in [0.2, 0.25) is 10.0 Å². The van der Waals surface area contributed by atoms with Crippen molar-refractivity contribution in [3.05, 3.63) is 0 Å². The number of rotatable bonds is 3. The third-order valence-corrected chi connectivity index (χ3v) is 2.40. The summed E-state index contributed by atoms with van der Waals surface area (Å²) in [6.07, 6.45) is 8.13. The van der Waals surface area contributed by atoms with Crippen molar-refractivity contribution in [3.8, 4) is 0 Å². The molecule has 0 spiro atoms. The van der Waals surface area contributed by atoms with Gasteiger partial charge in [-0.3, -0.25) is 0 Å². The van der Waals surface area contributed by atoms with Gasteiger partial charge in [-0.2, -0.15) is 4.40 Å². The van der Waals surface area contributed by atoms with Gasteiger partial charge in [-0.25, -0.2) is 8.42 Å². The molecule has 0 aromatic rings. The van der Waals surface area contributed by atoms with Crippen LogP contribution in [-0.4, -0.2) is 27.2 Å². The minimum absolute atomic E-state index is 0.444. The van der Waals surface area contributed by atoms with Crippen molar-refractivity contribution in [3.63, 3.8) is 0 Å². The highest BCUT2D eigenvalue weighted by Gasteiger charge is 2.19. The number of carbonyl (C=O) groups excluding carboxylic acids is 1. The molecular formula is C9H15NO3S. The molecule has 80 valence electrons. The van der Waals surface area contributed by atoms with Crippen LogP contribution in [-0.2, 0) is 14.8 Å². The molecule has 0 aromatic carbocycles. The SMILES string of the molecule is CS(=O)(=O)N=CC1CC1.O=CC1CC1. The Morgan fingerprint density at radius 2 is 1.64 bits per heavy atom. The lowest BCUT2D eigenvalue weighted by Gasteiger charge is -1.82. The van der Waals surface area contributed by atoms with E-state index in [0.29, 0.717) is 11.8 Å². The van der Waals surface area contributed by atoms with Crippen LogP contribution in [0.4, 0.5) is 0 Å². The van der Waals surface area contributed by atoms with Gasteiger partial charge >= 0.3 is 0 Å². The fraction of sp³-hybridized carbons (Fsp3) is 0.778. The first-order valence-electron chi connectivity index (χ1n) is 4.72. The highest BCUT2D eigenvalue weighted by molar-refractivity contribution is 7.89. The molecule has 2 saturated carbocycles. The number of nitrogens with zero attached hydrogens (tertiary/aromatic N) is 1. The van der Waals surface area contributed by atoms with E-state index in [1.807, 2.05) is 0 Å². The summed E-state index contributed by atoms with van der Waals surface area (Å²) in [4.78, 5) is 9.57. The van der Waals surface area contributed by atoms with Gasteiger partial charge in [0.1, 0.15) is 6.29 Å². The molecule has 0 saturated heterocycles. The summed E-state index contributed by atoms with van der Waals surface area (Å²) < 4.78 is 24.1. The Bertz CT molecular complexity index is 313. The van der Waals surface area contributed by atoms with Crippen molar-refractivity contribution in [2.24, 2.45) is 16.2 Å². The van der Waals surface area contributed by atoms with Gasteiger partial charge in [-0.15, -0.1) is 0 Å². The highest BCUT2D eigenvalue weighted by atomic mass is 32.2. The number of sulfonamides is 1. The van der Waals surface area contributed by atoms with Crippen LogP contribution in [0.2, 0.25) is 0 Å². The minimum Gasteiger partial charge on any atom is -0.303 e. The summed E-state index contributed by atoms with van der Waals surface area (Å²) in [5.74, 6) is 0.898. The summed E-state index contributed by atoms with van der Waals surface area (Å²) in [6, 6.07) is 0. The third kappa shape index (κ3) is 6.77. The molecule has 0 bridgehead atoms. The monoisotopic (exact) mass is 217 g/mol. The molecule has 0 radical (unpaired) electrons. The van der Waals surface area contributed by atoms with E-state index in [9.17, 15) is 13.2 Å². The van der Waals surface area contributed by atoms with E-state index in [0.717, 1.165) is 38.2 Å². The lowest BCUT2D eigenvalue weighted by atomic mass is 10.5. The summed E-state index contributed by atoms with van der Waals surface area (Å²) in [5.41, 5.74) is 0. The van der Waals surface area contributed by atoms with Crippen molar-refractivity contribution < 1.29 is 13.2 Å². The van der Waals surface area contributed by atoms with Gasteiger partial charge in [-0.05, 0) is 31.6 Å². The standard InChI is InChI=1S/C5H9NO2S.C4H6O/c1-9(7,8)6-4-5-2-3-5;5-3-4-1-2-4/h4-5H,2-3H2,1H3;3-4H,1-2H2. The van der Waals surface area contributed by atoms with E-state index >= 15 is 0 Å². The van der Waals surface area contributed by atoms with Crippen LogP contribution in [0.3, 0.4) is 0 Å². The van der Waals surface area contributed by atoms with Crippen molar-refractivity contribution in [2.45, 2.75) is 25.7 Å². The van der Waals surface area contributed by atoms with Crippen molar-refractivity contribution in [1.82, 2.24) is 0 Å². The van der Waals surface area contributed by atoms with Gasteiger partial charge < -0.3 is 4.79 Å². The predicted octanol–water partition coefficient (Wildman–Crippen LogP) is 1.02. The van der Waals surface area contributed by atoms with Crippen molar-refractivity contribution >= 4 is 22.5 Å². The quantitative estimate of drug-likeness (QED) is 0.523. The Morgan fingerprint density at radius 3 is 1.86 bits per heavy atom. The second-order valence-corrected chi connectivity index (χ2v) is 5.48. The molecule has 0 unspecified atom stereocenters. The largest absolute Gasteiger partial charge is 0.303 e. The second kappa shape index (κ2) is 4.68. The van der Waals surface area contributed by atoms with Crippen molar-refractivity contribution in [1.29, 1.82) is 0 Å². The molecule has 5 heteroatoms. The molecule has 0 N–H and O–H groups in total. The summed E-state index contributed by atoms with van der Waals surface area (Å²) in [5, 5.41) is 0. The molecule has 2 rings (SSSR count). The Morgan fingerprint density at radius 1 is 1.14 bits per heavy atom. The fourth-order valence-corrected chi connectivity index (χ4v) is 1.07. The van der Waals surface area contributed by atoms with E-state index in [-0.39, 0.29) is 0 Å². The Hall–Kier alpha value is -0.710. The fourth-order valence-electron chi connectivity index (χ4n) is 0.674. The molecule has 2 aliphatic carbocycles. The summed E-state index contributed by atoms with van der Waals surface area (Å²) in [7, 11) is -3.11. The van der Waals surface area contributed by atoms with Crippen molar-refractivity contribution in [2.75, 3.05) is 6.26 Å². The van der Waals surface area contributed by atoms with E-state index in [1.54, 1.807) is 0 Å².